The molecule has 0 saturated carbocycles. The van der Waals surface area contributed by atoms with Crippen molar-refractivity contribution in [2.45, 2.75) is 13.8 Å². The fraction of sp³-hybridized carbons (Fsp3) is 0.118. The van der Waals surface area contributed by atoms with Gasteiger partial charge >= 0.3 is 0 Å². The van der Waals surface area contributed by atoms with E-state index in [4.69, 9.17) is 32.7 Å². The zero-order valence-electron chi connectivity index (χ0n) is 25.1. The number of nitrogens with zero attached hydrogens (tertiary/aromatic N) is 2. The van der Waals surface area contributed by atoms with Crippen molar-refractivity contribution in [3.63, 3.8) is 0 Å². The average molecular weight is 675 g/mol. The molecule has 1 aromatic heterocycles. The van der Waals surface area contributed by atoms with Crippen LogP contribution < -0.4 is 25.5 Å². The minimum absolute atomic E-state index is 0.195. The van der Waals surface area contributed by atoms with E-state index in [1.54, 1.807) is 36.4 Å². The van der Waals surface area contributed by atoms with Crippen LogP contribution in [-0.4, -0.2) is 36.7 Å². The van der Waals surface area contributed by atoms with E-state index in [1.165, 1.54) is 30.2 Å². The molecular weight excluding hydrogens is 645 g/mol. The van der Waals surface area contributed by atoms with E-state index in [2.05, 4.69) is 26.1 Å². The van der Waals surface area contributed by atoms with Gasteiger partial charge in [-0.1, -0.05) is 59.1 Å². The number of hydrogen-bond acceptors (Lipinski definition) is 8. The number of hydrazone groups is 1. The highest BCUT2D eigenvalue weighted by Crippen LogP contribution is 2.36. The number of benzene rings is 4. The number of thiazole rings is 1. The monoisotopic (exact) mass is 673 g/mol. The van der Waals surface area contributed by atoms with E-state index in [9.17, 15) is 9.59 Å². The number of anilines is 3. The Hall–Kier alpha value is -4.90. The number of aryl methyl sites for hydroxylation is 2. The first kappa shape index (κ1) is 32.5. The summed E-state index contributed by atoms with van der Waals surface area (Å²) in [5.74, 6) is -0.297. The molecule has 0 unspecified atom stereocenters. The van der Waals surface area contributed by atoms with Gasteiger partial charge in [0.15, 0.2) is 23.2 Å². The normalized spacial score (nSPS) is 10.9. The lowest BCUT2D eigenvalue weighted by atomic mass is 10.1. The number of rotatable bonds is 11. The lowest BCUT2D eigenvalue weighted by molar-refractivity contribution is -0.118. The standard InChI is InChI=1S/C34H29Cl2N5O4S/c1-20-4-11-25(12-5-20)39-34-40-29(19-46-34)23-7-9-24(10-8-23)33(43)41-37-17-22-14-28(36)32(30(15-22)44-3)45-18-31(42)38-26-13-6-21(2)27(35)16-26/h4-17,19H,18H2,1-3H3,(H,38,42)(H,39,40)(H,41,43)/b37-17+. The Morgan fingerprint density at radius 3 is 2.39 bits per heavy atom. The van der Waals surface area contributed by atoms with Crippen molar-refractivity contribution in [3.05, 3.63) is 117 Å². The summed E-state index contributed by atoms with van der Waals surface area (Å²) >= 11 is 14.1. The number of amides is 2. The molecule has 0 bridgehead atoms. The highest BCUT2D eigenvalue weighted by atomic mass is 35.5. The fourth-order valence-corrected chi connectivity index (χ4v) is 5.40. The predicted octanol–water partition coefficient (Wildman–Crippen LogP) is 8.27. The summed E-state index contributed by atoms with van der Waals surface area (Å²) < 4.78 is 11.1. The molecule has 234 valence electrons. The van der Waals surface area contributed by atoms with Gasteiger partial charge in [0.1, 0.15) is 0 Å². The molecule has 0 aliphatic heterocycles. The van der Waals surface area contributed by atoms with Crippen LogP contribution in [0.3, 0.4) is 0 Å². The van der Waals surface area contributed by atoms with E-state index in [-0.39, 0.29) is 23.3 Å². The van der Waals surface area contributed by atoms with Gasteiger partial charge in [0, 0.05) is 32.9 Å². The maximum Gasteiger partial charge on any atom is 0.271 e. The number of halogens is 2. The molecule has 5 aromatic rings. The zero-order valence-corrected chi connectivity index (χ0v) is 27.4. The Kier molecular flexibility index (Phi) is 10.5. The van der Waals surface area contributed by atoms with Crippen LogP contribution in [0.25, 0.3) is 11.3 Å². The number of methoxy groups -OCH3 is 1. The Bertz CT molecular complexity index is 1890. The summed E-state index contributed by atoms with van der Waals surface area (Å²) in [5.41, 5.74) is 8.78. The number of carbonyl (C=O) groups excluding carboxylic acids is 2. The summed E-state index contributed by atoms with van der Waals surface area (Å²) in [7, 11) is 1.45. The SMILES string of the molecule is COc1cc(/C=N/NC(=O)c2ccc(-c3csc(Nc4ccc(C)cc4)n3)cc2)cc(Cl)c1OCC(=O)Nc1ccc(C)c(Cl)c1. The maximum absolute atomic E-state index is 12.7. The molecule has 4 aromatic carbocycles. The highest BCUT2D eigenvalue weighted by molar-refractivity contribution is 7.14. The van der Waals surface area contributed by atoms with Gasteiger partial charge in [0.2, 0.25) is 0 Å². The molecular formula is C34H29Cl2N5O4S. The molecule has 0 aliphatic rings. The number of carbonyl (C=O) groups is 2. The number of aromatic nitrogens is 1. The molecule has 9 nitrogen and oxygen atoms in total. The third-order valence-electron chi connectivity index (χ3n) is 6.68. The first-order chi connectivity index (χ1) is 22.2. The number of nitrogens with one attached hydrogen (secondary N) is 3. The lowest BCUT2D eigenvalue weighted by Crippen LogP contribution is -2.20. The molecule has 3 N–H and O–H groups in total. The Balaban J connectivity index is 1.15. The molecule has 0 aliphatic carbocycles. The van der Waals surface area contributed by atoms with Crippen LogP contribution in [0.4, 0.5) is 16.5 Å². The minimum Gasteiger partial charge on any atom is -0.493 e. The first-order valence-corrected chi connectivity index (χ1v) is 15.6. The average Bonchev–Trinajstić information content (AvgIpc) is 3.51. The van der Waals surface area contributed by atoms with Crippen molar-refractivity contribution in [2.75, 3.05) is 24.4 Å². The molecule has 0 spiro atoms. The van der Waals surface area contributed by atoms with E-state index >= 15 is 0 Å². The van der Waals surface area contributed by atoms with Gasteiger partial charge in [-0.15, -0.1) is 11.3 Å². The molecule has 1 heterocycles. The van der Waals surface area contributed by atoms with Gasteiger partial charge in [-0.25, -0.2) is 10.4 Å². The summed E-state index contributed by atoms with van der Waals surface area (Å²) in [4.78, 5) is 29.8. The quantitative estimate of drug-likeness (QED) is 0.0961. The summed E-state index contributed by atoms with van der Waals surface area (Å²) in [6.07, 6.45) is 1.43. The van der Waals surface area contributed by atoms with Gasteiger partial charge in [-0.3, -0.25) is 9.59 Å². The van der Waals surface area contributed by atoms with Crippen molar-refractivity contribution in [1.29, 1.82) is 0 Å². The van der Waals surface area contributed by atoms with E-state index in [0.717, 1.165) is 27.6 Å². The molecule has 12 heteroatoms. The largest absolute Gasteiger partial charge is 0.493 e. The molecule has 0 fully saturated rings. The molecule has 0 radical (unpaired) electrons. The van der Waals surface area contributed by atoms with Gasteiger partial charge in [0.25, 0.3) is 11.8 Å². The van der Waals surface area contributed by atoms with Crippen molar-refractivity contribution in [1.82, 2.24) is 10.4 Å². The summed E-state index contributed by atoms with van der Waals surface area (Å²) in [6, 6.07) is 23.6. The third kappa shape index (κ3) is 8.42. The minimum atomic E-state index is -0.397. The second kappa shape index (κ2) is 14.9. The van der Waals surface area contributed by atoms with Crippen LogP contribution >= 0.6 is 34.5 Å². The molecule has 0 saturated heterocycles. The molecule has 2 amide bonds. The molecule has 46 heavy (non-hydrogen) atoms. The molecule has 5 rings (SSSR count). The topological polar surface area (TPSA) is 114 Å². The van der Waals surface area contributed by atoms with Crippen LogP contribution in [0.1, 0.15) is 27.0 Å². The van der Waals surface area contributed by atoms with Crippen molar-refractivity contribution in [2.24, 2.45) is 5.10 Å². The predicted molar refractivity (Wildman–Crippen MR) is 185 cm³/mol. The van der Waals surface area contributed by atoms with Crippen LogP contribution in [0, 0.1) is 13.8 Å². The second-order valence-electron chi connectivity index (χ2n) is 10.1. The number of hydrogen-bond donors (Lipinski definition) is 3. The van der Waals surface area contributed by atoms with E-state index in [1.807, 2.05) is 61.7 Å². The zero-order chi connectivity index (χ0) is 32.6. The molecule has 0 atom stereocenters. The van der Waals surface area contributed by atoms with Crippen LogP contribution in [0.5, 0.6) is 11.5 Å². The van der Waals surface area contributed by atoms with E-state index < -0.39 is 5.91 Å². The third-order valence-corrected chi connectivity index (χ3v) is 8.13. The Morgan fingerprint density at radius 2 is 1.67 bits per heavy atom. The van der Waals surface area contributed by atoms with Crippen molar-refractivity contribution >= 4 is 69.1 Å². The van der Waals surface area contributed by atoms with Crippen molar-refractivity contribution < 1.29 is 19.1 Å². The lowest BCUT2D eigenvalue weighted by Gasteiger charge is -2.13. The Labute approximate surface area is 280 Å². The van der Waals surface area contributed by atoms with Crippen LogP contribution in [0.15, 0.2) is 89.3 Å². The van der Waals surface area contributed by atoms with Crippen molar-refractivity contribution in [3.8, 4) is 22.8 Å². The van der Waals surface area contributed by atoms with Gasteiger partial charge in [0.05, 0.1) is 24.0 Å². The van der Waals surface area contributed by atoms with Gasteiger partial charge < -0.3 is 20.1 Å². The maximum atomic E-state index is 12.7. The van der Waals surface area contributed by atoms with Crippen LogP contribution in [0.2, 0.25) is 10.0 Å². The second-order valence-corrected chi connectivity index (χ2v) is 11.8. The van der Waals surface area contributed by atoms with Gasteiger partial charge in [-0.05, 0) is 73.5 Å². The van der Waals surface area contributed by atoms with Crippen LogP contribution in [-0.2, 0) is 4.79 Å². The van der Waals surface area contributed by atoms with Gasteiger partial charge in [-0.2, -0.15) is 5.10 Å². The fourth-order valence-electron chi connectivity index (χ4n) is 4.21. The summed E-state index contributed by atoms with van der Waals surface area (Å²) in [5, 5.41) is 13.6. The highest BCUT2D eigenvalue weighted by Gasteiger charge is 2.14. The Morgan fingerprint density at radius 1 is 0.935 bits per heavy atom. The first-order valence-electron chi connectivity index (χ1n) is 14.0. The number of ether oxygens (including phenoxy) is 2. The summed E-state index contributed by atoms with van der Waals surface area (Å²) in [6.45, 7) is 3.61. The van der Waals surface area contributed by atoms with E-state index in [0.29, 0.717) is 27.6 Å². The smallest absolute Gasteiger partial charge is 0.271 e.